The number of thioether (sulfide) groups is 1. The standard InChI is InChI=1S/C15H23N3OS/c1-12(18-10-8-17(2)9-11-18)15(19)16-13-4-6-14(20-3)7-5-13/h4-7,12H,8-11H2,1-3H3,(H,16,19)/p+2/t12-/m1/s1. The van der Waals surface area contributed by atoms with Crippen molar-refractivity contribution in [3.05, 3.63) is 24.3 Å². The second-order valence-electron chi connectivity index (χ2n) is 5.55. The lowest BCUT2D eigenvalue weighted by Crippen LogP contribution is -3.29. The number of likely N-dealkylation sites (N-methyl/N-ethyl adjacent to an activating group) is 1. The molecule has 1 fully saturated rings. The number of carbonyl (C=O) groups is 1. The summed E-state index contributed by atoms with van der Waals surface area (Å²) in [6, 6.07) is 8.04. The van der Waals surface area contributed by atoms with Crippen molar-refractivity contribution in [1.29, 1.82) is 0 Å². The van der Waals surface area contributed by atoms with Gasteiger partial charge in [0.2, 0.25) is 0 Å². The van der Waals surface area contributed by atoms with E-state index in [1.165, 1.54) is 9.80 Å². The van der Waals surface area contributed by atoms with Crippen molar-refractivity contribution in [3.8, 4) is 0 Å². The van der Waals surface area contributed by atoms with Gasteiger partial charge in [0.05, 0.1) is 7.05 Å². The first kappa shape index (κ1) is 15.4. The normalized spacial score (nSPS) is 24.1. The van der Waals surface area contributed by atoms with Crippen molar-refractivity contribution in [3.63, 3.8) is 0 Å². The number of quaternary nitrogens is 2. The van der Waals surface area contributed by atoms with E-state index >= 15 is 0 Å². The van der Waals surface area contributed by atoms with Crippen LogP contribution in [0.15, 0.2) is 29.2 Å². The second kappa shape index (κ2) is 7.11. The summed E-state index contributed by atoms with van der Waals surface area (Å²) in [5.41, 5.74) is 0.888. The van der Waals surface area contributed by atoms with Gasteiger partial charge in [-0.25, -0.2) is 0 Å². The Hall–Kier alpha value is -1.04. The zero-order valence-electron chi connectivity index (χ0n) is 12.5. The van der Waals surface area contributed by atoms with E-state index in [4.69, 9.17) is 0 Å². The van der Waals surface area contributed by atoms with Gasteiger partial charge in [-0.15, -0.1) is 11.8 Å². The quantitative estimate of drug-likeness (QED) is 0.633. The van der Waals surface area contributed by atoms with Crippen molar-refractivity contribution >= 4 is 23.4 Å². The molecule has 0 aromatic heterocycles. The number of amides is 1. The number of carbonyl (C=O) groups excluding carboxylic acids is 1. The molecule has 0 bridgehead atoms. The molecule has 1 aromatic carbocycles. The second-order valence-corrected chi connectivity index (χ2v) is 6.43. The fourth-order valence-corrected chi connectivity index (χ4v) is 2.95. The topological polar surface area (TPSA) is 38.0 Å². The molecule has 2 rings (SSSR count). The van der Waals surface area contributed by atoms with Crippen molar-refractivity contribution in [1.82, 2.24) is 0 Å². The van der Waals surface area contributed by atoms with E-state index in [1.54, 1.807) is 16.7 Å². The minimum absolute atomic E-state index is 0.0170. The predicted octanol–water partition coefficient (Wildman–Crippen LogP) is -0.851. The van der Waals surface area contributed by atoms with Crippen LogP contribution in [0, 0.1) is 0 Å². The van der Waals surface area contributed by atoms with Crippen molar-refractivity contribution in [2.75, 3.05) is 44.8 Å². The highest BCUT2D eigenvalue weighted by Gasteiger charge is 2.29. The van der Waals surface area contributed by atoms with Crippen LogP contribution < -0.4 is 15.1 Å². The van der Waals surface area contributed by atoms with Crippen molar-refractivity contribution in [2.45, 2.75) is 17.9 Å². The zero-order valence-corrected chi connectivity index (χ0v) is 13.3. The van der Waals surface area contributed by atoms with Crippen LogP contribution in [0.3, 0.4) is 0 Å². The summed E-state index contributed by atoms with van der Waals surface area (Å²) in [6.07, 6.45) is 2.05. The summed E-state index contributed by atoms with van der Waals surface area (Å²) in [4.78, 5) is 16.5. The molecule has 1 amide bonds. The van der Waals surface area contributed by atoms with E-state index in [9.17, 15) is 4.79 Å². The highest BCUT2D eigenvalue weighted by atomic mass is 32.2. The van der Waals surface area contributed by atoms with E-state index in [1.807, 2.05) is 37.4 Å². The molecular formula is C15H25N3OS+2. The molecule has 1 heterocycles. The van der Waals surface area contributed by atoms with E-state index in [-0.39, 0.29) is 11.9 Å². The van der Waals surface area contributed by atoms with Gasteiger partial charge in [0.1, 0.15) is 26.2 Å². The van der Waals surface area contributed by atoms with Gasteiger partial charge in [0.25, 0.3) is 5.91 Å². The van der Waals surface area contributed by atoms with Gasteiger partial charge in [-0.05, 0) is 37.4 Å². The maximum absolute atomic E-state index is 12.3. The largest absolute Gasteiger partial charge is 0.328 e. The molecule has 1 atom stereocenters. The number of hydrogen-bond donors (Lipinski definition) is 3. The first-order valence-corrected chi connectivity index (χ1v) is 8.43. The molecule has 5 heteroatoms. The zero-order chi connectivity index (χ0) is 14.5. The van der Waals surface area contributed by atoms with E-state index in [2.05, 4.69) is 12.4 Å². The molecule has 1 aromatic rings. The lowest BCUT2D eigenvalue weighted by Gasteiger charge is -2.30. The summed E-state index contributed by atoms with van der Waals surface area (Å²) in [5, 5.41) is 3.03. The Morgan fingerprint density at radius 3 is 2.35 bits per heavy atom. The third-order valence-corrected chi connectivity index (χ3v) is 4.85. The summed E-state index contributed by atoms with van der Waals surface area (Å²) in [6.45, 7) is 6.48. The Balaban J connectivity index is 1.89. The monoisotopic (exact) mass is 295 g/mol. The molecule has 0 unspecified atom stereocenters. The van der Waals surface area contributed by atoms with Crippen LogP contribution in [0.1, 0.15) is 6.92 Å². The third-order valence-electron chi connectivity index (χ3n) is 4.11. The summed E-state index contributed by atoms with van der Waals surface area (Å²) in [7, 11) is 2.22. The summed E-state index contributed by atoms with van der Waals surface area (Å²) in [5.74, 6) is 0.122. The Bertz CT molecular complexity index is 441. The van der Waals surface area contributed by atoms with Crippen LogP contribution in [-0.4, -0.2) is 51.4 Å². The number of piperazine rings is 1. The van der Waals surface area contributed by atoms with Gasteiger partial charge < -0.3 is 15.1 Å². The fraction of sp³-hybridized carbons (Fsp3) is 0.533. The van der Waals surface area contributed by atoms with Crippen LogP contribution in [0.2, 0.25) is 0 Å². The smallest absolute Gasteiger partial charge is 0.282 e. The van der Waals surface area contributed by atoms with Crippen LogP contribution in [0.4, 0.5) is 5.69 Å². The minimum Gasteiger partial charge on any atom is -0.328 e. The summed E-state index contributed by atoms with van der Waals surface area (Å²) < 4.78 is 0. The lowest BCUT2D eigenvalue weighted by atomic mass is 10.2. The molecule has 1 saturated heterocycles. The van der Waals surface area contributed by atoms with Gasteiger partial charge in [0.15, 0.2) is 6.04 Å². The Labute approximate surface area is 125 Å². The van der Waals surface area contributed by atoms with Crippen LogP contribution >= 0.6 is 11.8 Å². The molecule has 110 valence electrons. The predicted molar refractivity (Wildman–Crippen MR) is 83.6 cm³/mol. The number of benzene rings is 1. The molecule has 0 radical (unpaired) electrons. The Kier molecular flexibility index (Phi) is 5.46. The highest BCUT2D eigenvalue weighted by Crippen LogP contribution is 2.17. The third kappa shape index (κ3) is 3.98. The summed E-state index contributed by atoms with van der Waals surface area (Å²) >= 11 is 1.71. The van der Waals surface area contributed by atoms with Gasteiger partial charge >= 0.3 is 0 Å². The Morgan fingerprint density at radius 1 is 1.20 bits per heavy atom. The van der Waals surface area contributed by atoms with Gasteiger partial charge in [0, 0.05) is 10.6 Å². The molecule has 0 spiro atoms. The van der Waals surface area contributed by atoms with E-state index in [0.717, 1.165) is 31.9 Å². The van der Waals surface area contributed by atoms with Crippen molar-refractivity contribution < 1.29 is 14.6 Å². The van der Waals surface area contributed by atoms with Crippen LogP contribution in [0.25, 0.3) is 0 Å². The van der Waals surface area contributed by atoms with Gasteiger partial charge in [-0.1, -0.05) is 0 Å². The van der Waals surface area contributed by atoms with Crippen LogP contribution in [0.5, 0.6) is 0 Å². The fourth-order valence-electron chi connectivity index (χ4n) is 2.54. The molecular weight excluding hydrogens is 270 g/mol. The lowest BCUT2D eigenvalue weighted by molar-refractivity contribution is -1.01. The highest BCUT2D eigenvalue weighted by molar-refractivity contribution is 7.98. The van der Waals surface area contributed by atoms with E-state index < -0.39 is 0 Å². The molecule has 0 saturated carbocycles. The maximum atomic E-state index is 12.3. The molecule has 1 aliphatic rings. The van der Waals surface area contributed by atoms with Gasteiger partial charge in [-0.2, -0.15) is 0 Å². The average Bonchev–Trinajstić information content (AvgIpc) is 2.48. The minimum atomic E-state index is 0.0170. The van der Waals surface area contributed by atoms with Gasteiger partial charge in [-0.3, -0.25) is 4.79 Å². The van der Waals surface area contributed by atoms with Crippen molar-refractivity contribution in [2.24, 2.45) is 0 Å². The molecule has 0 aliphatic carbocycles. The molecule has 4 nitrogen and oxygen atoms in total. The average molecular weight is 295 g/mol. The van der Waals surface area contributed by atoms with Crippen LogP contribution in [-0.2, 0) is 4.79 Å². The first-order valence-electron chi connectivity index (χ1n) is 7.21. The molecule has 20 heavy (non-hydrogen) atoms. The number of nitrogens with one attached hydrogen (secondary N) is 3. The maximum Gasteiger partial charge on any atom is 0.282 e. The Morgan fingerprint density at radius 2 is 1.80 bits per heavy atom. The number of rotatable bonds is 4. The number of anilines is 1. The number of hydrogen-bond acceptors (Lipinski definition) is 2. The molecule has 1 aliphatic heterocycles. The SMILES string of the molecule is CSc1ccc(NC(=O)[C@@H](C)[NH+]2CC[NH+](C)CC2)cc1. The first-order chi connectivity index (χ1) is 9.60. The van der Waals surface area contributed by atoms with E-state index in [0.29, 0.717) is 0 Å². The molecule has 3 N–H and O–H groups in total.